The second-order valence-electron chi connectivity index (χ2n) is 10.9. The fourth-order valence-electron chi connectivity index (χ4n) is 5.47. The average molecular weight is 534 g/mol. The fraction of sp³-hybridized carbons (Fsp3) is 0.500. The molecule has 0 bridgehead atoms. The highest BCUT2D eigenvalue weighted by atomic mass is 16.6. The first-order chi connectivity index (χ1) is 19.0. The number of carboxylic acid groups (broad SMARTS) is 1. The molecule has 1 atom stereocenters. The molecule has 0 aromatic heterocycles. The van der Waals surface area contributed by atoms with Crippen molar-refractivity contribution in [1.29, 1.82) is 0 Å². The van der Waals surface area contributed by atoms with Crippen LogP contribution in [-0.4, -0.2) is 102 Å². The Bertz CT molecular complexity index is 1140. The van der Waals surface area contributed by atoms with Gasteiger partial charge in [-0.15, -0.1) is 0 Å². The van der Waals surface area contributed by atoms with E-state index in [1.807, 2.05) is 29.3 Å². The van der Waals surface area contributed by atoms with Crippen molar-refractivity contribution < 1.29 is 19.5 Å². The van der Waals surface area contributed by atoms with E-state index in [2.05, 4.69) is 63.6 Å². The van der Waals surface area contributed by atoms with E-state index in [1.54, 1.807) is 0 Å². The lowest BCUT2D eigenvalue weighted by Crippen LogP contribution is -2.49. The number of aliphatic carboxylic acids is 1. The average Bonchev–Trinajstić information content (AvgIpc) is 3.42. The molecule has 2 aromatic carbocycles. The van der Waals surface area contributed by atoms with Crippen molar-refractivity contribution in [1.82, 2.24) is 14.8 Å². The van der Waals surface area contributed by atoms with Gasteiger partial charge in [-0.3, -0.25) is 14.7 Å². The number of likely N-dealkylation sites (tertiary alicyclic amines) is 1. The summed E-state index contributed by atoms with van der Waals surface area (Å²) in [5, 5.41) is 20.4. The Morgan fingerprint density at radius 2 is 1.79 bits per heavy atom. The quantitative estimate of drug-likeness (QED) is 0.469. The smallest absolute Gasteiger partial charge is 0.317 e. The van der Waals surface area contributed by atoms with Crippen molar-refractivity contribution >= 4 is 17.9 Å². The molecule has 3 heterocycles. The molecule has 1 N–H and O–H groups in total. The van der Waals surface area contributed by atoms with Gasteiger partial charge in [-0.05, 0) is 36.6 Å². The van der Waals surface area contributed by atoms with Gasteiger partial charge in [0.25, 0.3) is 0 Å². The molecule has 0 radical (unpaired) electrons. The summed E-state index contributed by atoms with van der Waals surface area (Å²) >= 11 is 0. The second-order valence-corrected chi connectivity index (χ2v) is 10.9. The molecule has 9 heteroatoms. The molecule has 2 fully saturated rings. The number of hydrogen-bond donors (Lipinski definition) is 1. The van der Waals surface area contributed by atoms with E-state index in [4.69, 9.17) is 9.57 Å². The van der Waals surface area contributed by atoms with Gasteiger partial charge in [0.2, 0.25) is 0 Å². The number of oxime groups is 1. The number of piperidine rings is 1. The number of carbonyl (C=O) groups is 1. The zero-order chi connectivity index (χ0) is 27.1. The van der Waals surface area contributed by atoms with Crippen LogP contribution in [0.5, 0.6) is 0 Å². The first-order valence-corrected chi connectivity index (χ1v) is 13.9. The van der Waals surface area contributed by atoms with E-state index in [1.165, 1.54) is 0 Å². The van der Waals surface area contributed by atoms with E-state index >= 15 is 0 Å². The van der Waals surface area contributed by atoms with Gasteiger partial charge in [0.15, 0.2) is 0 Å². The summed E-state index contributed by atoms with van der Waals surface area (Å²) in [7, 11) is 2.14. The highest BCUT2D eigenvalue weighted by Crippen LogP contribution is 2.35. The fourth-order valence-corrected chi connectivity index (χ4v) is 5.47. The Morgan fingerprint density at radius 1 is 1.08 bits per heavy atom. The monoisotopic (exact) mass is 533 g/mol. The Morgan fingerprint density at radius 3 is 2.49 bits per heavy atom. The molecule has 9 nitrogen and oxygen atoms in total. The lowest BCUT2D eigenvalue weighted by molar-refractivity contribution is -0.143. The minimum Gasteiger partial charge on any atom is -0.480 e. The standard InChI is InChI=1S/C30H39N5O4/c1-33-15-17-35(18-16-33)31-21-24-7-9-26(10-8-24)28-19-27(39-32-28)20-30(38-23-25-5-3-2-4-6-25)11-13-34(14-12-30)22-29(36)37/h2-10,21,27H,11-20,22-23H2,1H3,(H,36,37). The molecular formula is C30H39N5O4. The largest absolute Gasteiger partial charge is 0.480 e. The third-order valence-electron chi connectivity index (χ3n) is 7.94. The number of rotatable bonds is 10. The predicted octanol–water partition coefficient (Wildman–Crippen LogP) is 3.29. The maximum absolute atomic E-state index is 11.2. The SMILES string of the molecule is CN1CCN(N=Cc2ccc(C3=NOC(CC4(OCc5ccccc5)CCN(CC(=O)O)CC4)C3)cc2)CC1. The molecule has 2 aromatic rings. The van der Waals surface area contributed by atoms with Crippen LogP contribution in [0, 0.1) is 0 Å². The predicted molar refractivity (Wildman–Crippen MR) is 151 cm³/mol. The molecule has 3 aliphatic rings. The first-order valence-electron chi connectivity index (χ1n) is 13.9. The van der Waals surface area contributed by atoms with Crippen molar-refractivity contribution in [2.45, 2.75) is 44.0 Å². The normalized spacial score (nSPS) is 22.1. The number of carboxylic acids is 1. The Balaban J connectivity index is 1.17. The van der Waals surface area contributed by atoms with E-state index < -0.39 is 5.97 Å². The van der Waals surface area contributed by atoms with Gasteiger partial charge in [0.1, 0.15) is 6.10 Å². The molecule has 0 spiro atoms. The third-order valence-corrected chi connectivity index (χ3v) is 7.94. The van der Waals surface area contributed by atoms with Crippen LogP contribution in [0.2, 0.25) is 0 Å². The maximum atomic E-state index is 11.2. The molecule has 0 amide bonds. The summed E-state index contributed by atoms with van der Waals surface area (Å²) in [6, 6.07) is 18.5. The van der Waals surface area contributed by atoms with E-state index in [0.29, 0.717) is 19.7 Å². The molecule has 2 saturated heterocycles. The third kappa shape index (κ3) is 7.65. The Kier molecular flexibility index (Phi) is 8.91. The summed E-state index contributed by atoms with van der Waals surface area (Å²) in [6.07, 6.45) is 4.84. The molecule has 0 aliphatic carbocycles. The van der Waals surface area contributed by atoms with Gasteiger partial charge in [-0.1, -0.05) is 59.8 Å². The van der Waals surface area contributed by atoms with Gasteiger partial charge < -0.3 is 19.6 Å². The van der Waals surface area contributed by atoms with Crippen LogP contribution in [0.4, 0.5) is 0 Å². The van der Waals surface area contributed by atoms with Crippen molar-refractivity contribution in [3.05, 3.63) is 71.3 Å². The van der Waals surface area contributed by atoms with Crippen LogP contribution >= 0.6 is 0 Å². The van der Waals surface area contributed by atoms with Gasteiger partial charge in [0.05, 0.1) is 30.7 Å². The van der Waals surface area contributed by atoms with Crippen molar-refractivity contribution in [2.24, 2.45) is 10.3 Å². The number of likely N-dealkylation sites (N-methyl/N-ethyl adjacent to an activating group) is 1. The second kappa shape index (κ2) is 12.7. The van der Waals surface area contributed by atoms with Crippen LogP contribution in [0.1, 0.15) is 42.4 Å². The van der Waals surface area contributed by atoms with E-state index in [9.17, 15) is 9.90 Å². The van der Waals surface area contributed by atoms with Crippen LogP contribution in [0.25, 0.3) is 0 Å². The summed E-state index contributed by atoms with van der Waals surface area (Å²) in [5.74, 6) is -0.790. The summed E-state index contributed by atoms with van der Waals surface area (Å²) in [4.78, 5) is 21.4. The zero-order valence-electron chi connectivity index (χ0n) is 22.7. The minimum atomic E-state index is -0.790. The number of hydrazone groups is 1. The number of hydrogen-bond acceptors (Lipinski definition) is 8. The summed E-state index contributed by atoms with van der Waals surface area (Å²) < 4.78 is 6.59. The number of benzene rings is 2. The van der Waals surface area contributed by atoms with Crippen LogP contribution < -0.4 is 0 Å². The van der Waals surface area contributed by atoms with Crippen molar-refractivity contribution in [3.8, 4) is 0 Å². The minimum absolute atomic E-state index is 0.0675. The molecular weight excluding hydrogens is 494 g/mol. The van der Waals surface area contributed by atoms with Gasteiger partial charge >= 0.3 is 5.97 Å². The number of piperazine rings is 1. The lowest BCUT2D eigenvalue weighted by atomic mass is 9.84. The van der Waals surface area contributed by atoms with E-state index in [0.717, 1.165) is 74.3 Å². The highest BCUT2D eigenvalue weighted by molar-refractivity contribution is 6.01. The highest BCUT2D eigenvalue weighted by Gasteiger charge is 2.40. The Labute approximate surface area is 230 Å². The molecule has 208 valence electrons. The number of nitrogens with zero attached hydrogens (tertiary/aromatic N) is 5. The lowest BCUT2D eigenvalue weighted by Gasteiger charge is -2.42. The topological polar surface area (TPSA) is 90.2 Å². The molecule has 39 heavy (non-hydrogen) atoms. The van der Waals surface area contributed by atoms with Crippen LogP contribution in [-0.2, 0) is 21.0 Å². The first kappa shape index (κ1) is 27.3. The summed E-state index contributed by atoms with van der Waals surface area (Å²) in [5.41, 5.74) is 3.83. The van der Waals surface area contributed by atoms with Crippen LogP contribution in [0.3, 0.4) is 0 Å². The van der Waals surface area contributed by atoms with Gasteiger partial charge in [-0.2, -0.15) is 5.10 Å². The van der Waals surface area contributed by atoms with E-state index in [-0.39, 0.29) is 18.2 Å². The maximum Gasteiger partial charge on any atom is 0.317 e. The molecule has 0 saturated carbocycles. The Hall–Kier alpha value is -3.27. The zero-order valence-corrected chi connectivity index (χ0v) is 22.7. The van der Waals surface area contributed by atoms with Crippen molar-refractivity contribution in [3.63, 3.8) is 0 Å². The summed E-state index contributed by atoms with van der Waals surface area (Å²) in [6.45, 7) is 5.96. The van der Waals surface area contributed by atoms with Crippen LogP contribution in [0.15, 0.2) is 64.9 Å². The van der Waals surface area contributed by atoms with Gasteiger partial charge in [-0.25, -0.2) is 0 Å². The number of ether oxygens (including phenoxy) is 1. The van der Waals surface area contributed by atoms with Crippen molar-refractivity contribution in [2.75, 3.05) is 52.9 Å². The molecule has 5 rings (SSSR count). The molecule has 1 unspecified atom stereocenters. The molecule has 3 aliphatic heterocycles. The van der Waals surface area contributed by atoms with Gasteiger partial charge in [0, 0.05) is 52.1 Å².